The SMILES string of the molecule is CCOC(=O)C1=C(C)N=c2sc(=Cc3ccc(-c4ccccc4C(=O)O)o3)c(=O)n2[C@@H]1c1cc(OC)ccc1OC. The van der Waals surface area contributed by atoms with E-state index in [0.717, 1.165) is 11.3 Å². The Hall–Kier alpha value is -4.90. The van der Waals surface area contributed by atoms with Gasteiger partial charge >= 0.3 is 11.9 Å². The van der Waals surface area contributed by atoms with Crippen LogP contribution in [-0.2, 0) is 9.53 Å². The largest absolute Gasteiger partial charge is 0.497 e. The lowest BCUT2D eigenvalue weighted by atomic mass is 9.95. The number of esters is 1. The molecule has 11 heteroatoms. The molecule has 0 amide bonds. The number of aromatic carboxylic acids is 1. The summed E-state index contributed by atoms with van der Waals surface area (Å²) in [5.41, 5.74) is 1.27. The van der Waals surface area contributed by atoms with Crippen LogP contribution in [0.5, 0.6) is 11.5 Å². The molecule has 0 bridgehead atoms. The Balaban J connectivity index is 1.69. The fourth-order valence-electron chi connectivity index (χ4n) is 4.73. The van der Waals surface area contributed by atoms with Crippen molar-refractivity contribution in [3.63, 3.8) is 0 Å². The number of allylic oxidation sites excluding steroid dienone is 1. The van der Waals surface area contributed by atoms with E-state index in [-0.39, 0.29) is 17.7 Å². The predicted octanol–water partition coefficient (Wildman–Crippen LogP) is 3.77. The molecule has 0 unspecified atom stereocenters. The number of ether oxygens (including phenoxy) is 3. The van der Waals surface area contributed by atoms with Gasteiger partial charge in [0.2, 0.25) is 0 Å². The maximum atomic E-state index is 13.9. The molecule has 5 rings (SSSR count). The fourth-order valence-corrected chi connectivity index (χ4v) is 5.75. The lowest BCUT2D eigenvalue weighted by Gasteiger charge is -2.26. The van der Waals surface area contributed by atoms with E-state index in [2.05, 4.69) is 4.99 Å². The van der Waals surface area contributed by atoms with E-state index in [4.69, 9.17) is 18.6 Å². The quantitative estimate of drug-likeness (QED) is 0.315. The summed E-state index contributed by atoms with van der Waals surface area (Å²) >= 11 is 1.14. The van der Waals surface area contributed by atoms with E-state index in [1.807, 2.05) is 0 Å². The van der Waals surface area contributed by atoms with Crippen molar-refractivity contribution >= 4 is 29.4 Å². The van der Waals surface area contributed by atoms with Gasteiger partial charge in [-0.2, -0.15) is 0 Å². The van der Waals surface area contributed by atoms with E-state index in [9.17, 15) is 19.5 Å². The summed E-state index contributed by atoms with van der Waals surface area (Å²) in [6.45, 7) is 3.55. The number of rotatable bonds is 8. The van der Waals surface area contributed by atoms with Gasteiger partial charge in [-0.3, -0.25) is 9.36 Å². The molecule has 0 radical (unpaired) electrons. The summed E-state index contributed by atoms with van der Waals surface area (Å²) in [5.74, 6) is 0.00207. The highest BCUT2D eigenvalue weighted by Gasteiger charge is 2.35. The third-order valence-corrected chi connectivity index (χ3v) is 7.55. The number of fused-ring (bicyclic) bond motifs is 1. The van der Waals surface area contributed by atoms with Gasteiger partial charge in [0.1, 0.15) is 29.1 Å². The molecule has 0 saturated carbocycles. The molecule has 210 valence electrons. The van der Waals surface area contributed by atoms with E-state index in [1.165, 1.54) is 24.9 Å². The number of hydrogen-bond donors (Lipinski definition) is 1. The van der Waals surface area contributed by atoms with Crippen molar-refractivity contribution in [1.82, 2.24) is 4.57 Å². The fraction of sp³-hybridized carbons (Fsp3) is 0.200. The number of carbonyl (C=O) groups excluding carboxylic acids is 1. The van der Waals surface area contributed by atoms with E-state index in [1.54, 1.807) is 68.5 Å². The second kappa shape index (κ2) is 11.3. The van der Waals surface area contributed by atoms with Crippen molar-refractivity contribution in [3.8, 4) is 22.8 Å². The number of thiazole rings is 1. The molecule has 0 spiro atoms. The van der Waals surface area contributed by atoms with Gasteiger partial charge in [0.15, 0.2) is 4.80 Å². The zero-order valence-corrected chi connectivity index (χ0v) is 23.5. The molecule has 10 nitrogen and oxygen atoms in total. The molecule has 2 aromatic carbocycles. The number of nitrogens with zero attached hydrogens (tertiary/aromatic N) is 2. The molecule has 1 aliphatic rings. The van der Waals surface area contributed by atoms with Crippen LogP contribution in [0, 0.1) is 0 Å². The number of benzene rings is 2. The number of aromatic nitrogens is 1. The first kappa shape index (κ1) is 27.7. The molecule has 1 atom stereocenters. The standard InChI is InChI=1S/C30H26N2O8S/c1-5-39-29(36)25-16(2)31-30-32(26(25)21-14-17(37-3)10-12-22(21)38-4)27(33)24(41-30)15-18-11-13-23(40-18)19-8-6-7-9-20(19)28(34)35/h6-15,26H,5H2,1-4H3,(H,34,35)/t26-/m1/s1. The maximum absolute atomic E-state index is 13.9. The van der Waals surface area contributed by atoms with Crippen molar-refractivity contribution < 1.29 is 33.3 Å². The van der Waals surface area contributed by atoms with Crippen molar-refractivity contribution in [1.29, 1.82) is 0 Å². The van der Waals surface area contributed by atoms with Crippen LogP contribution in [0.2, 0.25) is 0 Å². The minimum absolute atomic E-state index is 0.0991. The average molecular weight is 575 g/mol. The first-order chi connectivity index (χ1) is 19.8. The van der Waals surface area contributed by atoms with Crippen LogP contribution >= 0.6 is 11.3 Å². The van der Waals surface area contributed by atoms with Gasteiger partial charge in [-0.05, 0) is 50.2 Å². The minimum atomic E-state index is -1.08. The van der Waals surface area contributed by atoms with Gasteiger partial charge in [-0.25, -0.2) is 14.6 Å². The van der Waals surface area contributed by atoms with Gasteiger partial charge in [0.25, 0.3) is 5.56 Å². The van der Waals surface area contributed by atoms with Crippen LogP contribution in [0.4, 0.5) is 0 Å². The highest BCUT2D eigenvalue weighted by molar-refractivity contribution is 7.07. The molecular weight excluding hydrogens is 548 g/mol. The summed E-state index contributed by atoms with van der Waals surface area (Å²) in [6, 6.07) is 14.1. The molecule has 2 aromatic heterocycles. The Morgan fingerprint density at radius 2 is 1.90 bits per heavy atom. The Kier molecular flexibility index (Phi) is 7.62. The summed E-state index contributed by atoms with van der Waals surface area (Å²) in [6.07, 6.45) is 1.57. The maximum Gasteiger partial charge on any atom is 0.338 e. The predicted molar refractivity (Wildman–Crippen MR) is 151 cm³/mol. The molecule has 0 fully saturated rings. The smallest absolute Gasteiger partial charge is 0.338 e. The molecule has 3 heterocycles. The second-order valence-electron chi connectivity index (χ2n) is 8.96. The van der Waals surface area contributed by atoms with Crippen LogP contribution in [0.15, 0.2) is 80.1 Å². The lowest BCUT2D eigenvalue weighted by Crippen LogP contribution is -2.40. The molecule has 41 heavy (non-hydrogen) atoms. The Morgan fingerprint density at radius 3 is 2.61 bits per heavy atom. The van der Waals surface area contributed by atoms with Crippen molar-refractivity contribution in [2.45, 2.75) is 19.9 Å². The first-order valence-electron chi connectivity index (χ1n) is 12.6. The molecule has 1 aliphatic heterocycles. The third-order valence-electron chi connectivity index (χ3n) is 6.57. The molecule has 0 aliphatic carbocycles. The van der Waals surface area contributed by atoms with Crippen molar-refractivity contribution in [3.05, 3.63) is 102 Å². The number of methoxy groups -OCH3 is 2. The third kappa shape index (κ3) is 5.07. The number of hydrogen-bond acceptors (Lipinski definition) is 9. The van der Waals surface area contributed by atoms with Gasteiger partial charge in [0, 0.05) is 17.2 Å². The Morgan fingerprint density at radius 1 is 1.12 bits per heavy atom. The van der Waals surface area contributed by atoms with E-state index in [0.29, 0.717) is 49.2 Å². The highest BCUT2D eigenvalue weighted by Crippen LogP contribution is 2.38. The average Bonchev–Trinajstić information content (AvgIpc) is 3.56. The number of carboxylic acid groups (broad SMARTS) is 1. The topological polar surface area (TPSA) is 130 Å². The summed E-state index contributed by atoms with van der Waals surface area (Å²) in [5, 5.41) is 9.55. The van der Waals surface area contributed by atoms with Crippen LogP contribution in [0.3, 0.4) is 0 Å². The summed E-state index contributed by atoms with van der Waals surface area (Å²) in [7, 11) is 3.03. The van der Waals surface area contributed by atoms with Crippen LogP contribution in [0.1, 0.15) is 41.6 Å². The van der Waals surface area contributed by atoms with Crippen molar-refractivity contribution in [2.75, 3.05) is 20.8 Å². The second-order valence-corrected chi connectivity index (χ2v) is 9.97. The van der Waals surface area contributed by atoms with Gasteiger partial charge < -0.3 is 23.7 Å². The van der Waals surface area contributed by atoms with Gasteiger partial charge in [-0.15, -0.1) is 0 Å². The van der Waals surface area contributed by atoms with Gasteiger partial charge in [-0.1, -0.05) is 29.5 Å². The molecular formula is C30H26N2O8S. The minimum Gasteiger partial charge on any atom is -0.497 e. The van der Waals surface area contributed by atoms with Gasteiger partial charge in [0.05, 0.1) is 42.2 Å². The number of furan rings is 1. The zero-order chi connectivity index (χ0) is 29.3. The van der Waals surface area contributed by atoms with Crippen LogP contribution in [-0.4, -0.2) is 42.4 Å². The molecule has 4 aromatic rings. The summed E-state index contributed by atoms with van der Waals surface area (Å²) < 4.78 is 24.1. The van der Waals surface area contributed by atoms with Crippen LogP contribution < -0.4 is 24.4 Å². The van der Waals surface area contributed by atoms with E-state index >= 15 is 0 Å². The lowest BCUT2D eigenvalue weighted by molar-refractivity contribution is -0.139. The number of carbonyl (C=O) groups is 2. The zero-order valence-electron chi connectivity index (χ0n) is 22.7. The molecule has 1 N–H and O–H groups in total. The molecule has 0 saturated heterocycles. The monoisotopic (exact) mass is 574 g/mol. The van der Waals surface area contributed by atoms with E-state index < -0.39 is 23.5 Å². The first-order valence-corrected chi connectivity index (χ1v) is 13.4. The van der Waals surface area contributed by atoms with Crippen molar-refractivity contribution in [2.24, 2.45) is 4.99 Å². The summed E-state index contributed by atoms with van der Waals surface area (Å²) in [4.78, 5) is 43.7. The number of carboxylic acids is 1. The normalized spacial score (nSPS) is 14.8. The van der Waals surface area contributed by atoms with Crippen LogP contribution in [0.25, 0.3) is 17.4 Å². The highest BCUT2D eigenvalue weighted by atomic mass is 32.1. The Labute approximate surface area is 238 Å². The Bertz CT molecular complexity index is 1880.